The highest BCUT2D eigenvalue weighted by molar-refractivity contribution is 7.92. The minimum Gasteiger partial charge on any atom is -0.279 e. The van der Waals surface area contributed by atoms with Crippen molar-refractivity contribution in [1.82, 2.24) is 0 Å². The molecule has 2 aromatic rings. The van der Waals surface area contributed by atoms with E-state index in [0.29, 0.717) is 5.69 Å². The van der Waals surface area contributed by atoms with Gasteiger partial charge in [0.25, 0.3) is 10.0 Å². The van der Waals surface area contributed by atoms with Crippen LogP contribution in [0.2, 0.25) is 0 Å². The molecular weight excluding hydrogens is 282 g/mol. The zero-order valence-corrected chi connectivity index (χ0v) is 13.3. The largest absolute Gasteiger partial charge is 0.279 e. The number of unbranched alkanes of at least 4 members (excludes halogenated alkanes) is 1. The SMILES string of the molecule is CCCCc1ccc(NS(=O)(=O)c2ccccc2)c(C)c1. The lowest BCUT2D eigenvalue weighted by Gasteiger charge is -2.12. The fraction of sp³-hybridized carbons (Fsp3) is 0.294. The molecule has 0 radical (unpaired) electrons. The van der Waals surface area contributed by atoms with Gasteiger partial charge in [0, 0.05) is 0 Å². The maximum absolute atomic E-state index is 12.3. The van der Waals surface area contributed by atoms with E-state index in [1.54, 1.807) is 30.3 Å². The molecule has 0 aromatic heterocycles. The maximum Gasteiger partial charge on any atom is 0.261 e. The van der Waals surface area contributed by atoms with E-state index in [1.807, 2.05) is 19.1 Å². The van der Waals surface area contributed by atoms with Crippen LogP contribution in [0.25, 0.3) is 0 Å². The standard InChI is InChI=1S/C17H21NO2S/c1-3-4-8-15-11-12-17(14(2)13-15)18-21(19,20)16-9-6-5-7-10-16/h5-7,9-13,18H,3-4,8H2,1-2H3. The monoisotopic (exact) mass is 303 g/mol. The summed E-state index contributed by atoms with van der Waals surface area (Å²) in [5.74, 6) is 0. The normalized spacial score (nSPS) is 11.3. The summed E-state index contributed by atoms with van der Waals surface area (Å²) < 4.78 is 27.3. The summed E-state index contributed by atoms with van der Waals surface area (Å²) in [6.07, 6.45) is 3.33. The second-order valence-corrected chi connectivity index (χ2v) is 6.85. The van der Waals surface area contributed by atoms with Gasteiger partial charge in [0.1, 0.15) is 0 Å². The summed E-state index contributed by atoms with van der Waals surface area (Å²) in [5.41, 5.74) is 2.83. The lowest BCUT2D eigenvalue weighted by atomic mass is 10.1. The molecule has 0 amide bonds. The van der Waals surface area contributed by atoms with Crippen LogP contribution < -0.4 is 4.72 Å². The molecule has 2 aromatic carbocycles. The van der Waals surface area contributed by atoms with Crippen molar-refractivity contribution in [3.8, 4) is 0 Å². The molecule has 0 spiro atoms. The van der Waals surface area contributed by atoms with Gasteiger partial charge in [0.05, 0.1) is 10.6 Å². The summed E-state index contributed by atoms with van der Waals surface area (Å²) in [4.78, 5) is 0.277. The van der Waals surface area contributed by atoms with Crippen molar-refractivity contribution in [2.24, 2.45) is 0 Å². The quantitative estimate of drug-likeness (QED) is 0.872. The second kappa shape index (κ2) is 6.76. The van der Waals surface area contributed by atoms with Gasteiger partial charge in [0.15, 0.2) is 0 Å². The number of hydrogen-bond acceptors (Lipinski definition) is 2. The van der Waals surface area contributed by atoms with E-state index in [9.17, 15) is 8.42 Å². The first-order valence-corrected chi connectivity index (χ1v) is 8.68. The Bertz CT molecular complexity index is 694. The molecule has 0 saturated heterocycles. The van der Waals surface area contributed by atoms with Crippen LogP contribution in [-0.4, -0.2) is 8.42 Å². The Balaban J connectivity index is 2.20. The van der Waals surface area contributed by atoms with Crippen LogP contribution in [-0.2, 0) is 16.4 Å². The first kappa shape index (κ1) is 15.6. The molecule has 1 N–H and O–H groups in total. The third-order valence-corrected chi connectivity index (χ3v) is 4.79. The van der Waals surface area contributed by atoms with Crippen LogP contribution in [0.4, 0.5) is 5.69 Å². The number of aryl methyl sites for hydroxylation is 2. The Morgan fingerprint density at radius 3 is 2.38 bits per heavy atom. The Labute approximate surface area is 127 Å². The van der Waals surface area contributed by atoms with Crippen molar-refractivity contribution in [3.63, 3.8) is 0 Å². The molecule has 21 heavy (non-hydrogen) atoms. The van der Waals surface area contributed by atoms with Crippen molar-refractivity contribution in [1.29, 1.82) is 0 Å². The molecule has 4 heteroatoms. The summed E-state index contributed by atoms with van der Waals surface area (Å²) in [7, 11) is -3.52. The average molecular weight is 303 g/mol. The minimum atomic E-state index is -3.52. The van der Waals surface area contributed by atoms with E-state index < -0.39 is 10.0 Å². The third kappa shape index (κ3) is 4.08. The van der Waals surface area contributed by atoms with Crippen molar-refractivity contribution in [2.75, 3.05) is 4.72 Å². The van der Waals surface area contributed by atoms with Crippen LogP contribution in [0.15, 0.2) is 53.4 Å². The number of hydrogen-bond donors (Lipinski definition) is 1. The van der Waals surface area contributed by atoms with Crippen LogP contribution in [0, 0.1) is 6.92 Å². The molecule has 3 nitrogen and oxygen atoms in total. The van der Waals surface area contributed by atoms with E-state index >= 15 is 0 Å². The van der Waals surface area contributed by atoms with Gasteiger partial charge in [-0.3, -0.25) is 4.72 Å². The molecule has 0 unspecified atom stereocenters. The predicted octanol–water partition coefficient (Wildman–Crippen LogP) is 4.14. The molecule has 0 heterocycles. The van der Waals surface area contributed by atoms with Gasteiger partial charge in [-0.25, -0.2) is 8.42 Å². The Kier molecular flexibility index (Phi) is 5.02. The lowest BCUT2D eigenvalue weighted by Crippen LogP contribution is -2.13. The number of rotatable bonds is 6. The van der Waals surface area contributed by atoms with E-state index in [-0.39, 0.29) is 4.90 Å². The van der Waals surface area contributed by atoms with Crippen LogP contribution in [0.5, 0.6) is 0 Å². The fourth-order valence-corrected chi connectivity index (χ4v) is 3.33. The molecule has 0 saturated carbocycles. The highest BCUT2D eigenvalue weighted by Crippen LogP contribution is 2.21. The highest BCUT2D eigenvalue weighted by atomic mass is 32.2. The van der Waals surface area contributed by atoms with E-state index in [4.69, 9.17) is 0 Å². The Morgan fingerprint density at radius 2 is 1.76 bits per heavy atom. The van der Waals surface area contributed by atoms with Gasteiger partial charge in [-0.15, -0.1) is 0 Å². The van der Waals surface area contributed by atoms with Crippen molar-refractivity contribution in [3.05, 3.63) is 59.7 Å². The summed E-state index contributed by atoms with van der Waals surface area (Å²) in [5, 5.41) is 0. The number of nitrogens with one attached hydrogen (secondary N) is 1. The van der Waals surface area contributed by atoms with Gasteiger partial charge < -0.3 is 0 Å². The van der Waals surface area contributed by atoms with Crippen molar-refractivity contribution < 1.29 is 8.42 Å². The number of anilines is 1. The van der Waals surface area contributed by atoms with Crippen molar-refractivity contribution >= 4 is 15.7 Å². The van der Waals surface area contributed by atoms with Crippen molar-refractivity contribution in [2.45, 2.75) is 38.0 Å². The van der Waals surface area contributed by atoms with E-state index in [2.05, 4.69) is 17.7 Å². The fourth-order valence-electron chi connectivity index (χ4n) is 2.18. The zero-order valence-electron chi connectivity index (χ0n) is 12.5. The Hall–Kier alpha value is -1.81. The molecule has 0 aliphatic heterocycles. The molecule has 0 atom stereocenters. The molecule has 112 valence electrons. The minimum absolute atomic E-state index is 0.277. The first-order chi connectivity index (χ1) is 10.0. The number of benzene rings is 2. The lowest BCUT2D eigenvalue weighted by molar-refractivity contribution is 0.601. The van der Waals surface area contributed by atoms with Gasteiger partial charge in [-0.2, -0.15) is 0 Å². The van der Waals surface area contributed by atoms with E-state index in [1.165, 1.54) is 5.56 Å². The molecule has 2 rings (SSSR count). The average Bonchev–Trinajstić information content (AvgIpc) is 2.48. The third-order valence-electron chi connectivity index (χ3n) is 3.41. The molecule has 0 aliphatic carbocycles. The number of sulfonamides is 1. The first-order valence-electron chi connectivity index (χ1n) is 7.20. The zero-order chi connectivity index (χ0) is 15.3. The highest BCUT2D eigenvalue weighted by Gasteiger charge is 2.14. The smallest absolute Gasteiger partial charge is 0.261 e. The van der Waals surface area contributed by atoms with E-state index in [0.717, 1.165) is 24.8 Å². The predicted molar refractivity (Wildman–Crippen MR) is 87.0 cm³/mol. The Morgan fingerprint density at radius 1 is 1.05 bits per heavy atom. The maximum atomic E-state index is 12.3. The molecule has 0 fully saturated rings. The van der Waals surface area contributed by atoms with Gasteiger partial charge in [-0.1, -0.05) is 43.7 Å². The van der Waals surface area contributed by atoms with Crippen LogP contribution >= 0.6 is 0 Å². The van der Waals surface area contributed by atoms with Gasteiger partial charge in [-0.05, 0) is 49.1 Å². The second-order valence-electron chi connectivity index (χ2n) is 5.17. The van der Waals surface area contributed by atoms with Gasteiger partial charge >= 0.3 is 0 Å². The summed E-state index contributed by atoms with van der Waals surface area (Å²) >= 11 is 0. The molecule has 0 bridgehead atoms. The van der Waals surface area contributed by atoms with Crippen LogP contribution in [0.1, 0.15) is 30.9 Å². The van der Waals surface area contributed by atoms with Crippen LogP contribution in [0.3, 0.4) is 0 Å². The summed E-state index contributed by atoms with van der Waals surface area (Å²) in [6.45, 7) is 4.09. The van der Waals surface area contributed by atoms with Gasteiger partial charge in [0.2, 0.25) is 0 Å². The topological polar surface area (TPSA) is 46.2 Å². The molecule has 0 aliphatic rings. The summed E-state index contributed by atoms with van der Waals surface area (Å²) in [6, 6.07) is 14.3. The molecular formula is C17H21NO2S.